The van der Waals surface area contributed by atoms with Gasteiger partial charge in [0.15, 0.2) is 0 Å². The molecule has 1 aliphatic rings. The van der Waals surface area contributed by atoms with Crippen molar-refractivity contribution in [3.63, 3.8) is 0 Å². The molecule has 1 heterocycles. The number of nitriles is 1. The Morgan fingerprint density at radius 3 is 3.00 bits per heavy atom. The first-order valence-electron chi connectivity index (χ1n) is 6.03. The summed E-state index contributed by atoms with van der Waals surface area (Å²) in [7, 11) is 0. The van der Waals surface area contributed by atoms with Crippen molar-refractivity contribution in [2.24, 2.45) is 5.73 Å². The average molecular weight is 298 g/mol. The highest BCUT2D eigenvalue weighted by Crippen LogP contribution is 2.30. The molecule has 0 unspecified atom stereocenters. The number of hydrogen-bond donors (Lipinski definition) is 1. The van der Waals surface area contributed by atoms with Gasteiger partial charge in [0.25, 0.3) is 0 Å². The molecule has 20 heavy (non-hydrogen) atoms. The second-order valence-corrected chi connectivity index (χ2v) is 4.83. The van der Waals surface area contributed by atoms with Crippen LogP contribution in [0.15, 0.2) is 18.2 Å². The fourth-order valence-electron chi connectivity index (χ4n) is 2.18. The molecule has 2 rings (SSSR count). The Morgan fingerprint density at radius 2 is 2.40 bits per heavy atom. The normalized spacial score (nSPS) is 21.1. The van der Waals surface area contributed by atoms with Gasteiger partial charge in [-0.15, -0.1) is 0 Å². The summed E-state index contributed by atoms with van der Waals surface area (Å²) in [6.07, 6.45) is -0.801. The standard InChI is InChI=1S/C13H13ClFN3O2/c14-8-2-1-3-9(15)12(8)10(6-16)18-4-5-20-11(7-18)13(17)19/h1-3,10-11H,4-5,7H2,(H2,17,19)/t10-,11-/m0/s1. The van der Waals surface area contributed by atoms with E-state index in [9.17, 15) is 14.4 Å². The van der Waals surface area contributed by atoms with Gasteiger partial charge in [0.05, 0.1) is 12.7 Å². The summed E-state index contributed by atoms with van der Waals surface area (Å²) in [5.41, 5.74) is 5.31. The van der Waals surface area contributed by atoms with E-state index in [0.717, 1.165) is 0 Å². The van der Waals surface area contributed by atoms with Crippen LogP contribution in [0, 0.1) is 17.1 Å². The number of primary amides is 1. The van der Waals surface area contributed by atoms with E-state index in [2.05, 4.69) is 0 Å². The molecular formula is C13H13ClFN3O2. The van der Waals surface area contributed by atoms with Gasteiger partial charge < -0.3 is 10.5 Å². The maximum absolute atomic E-state index is 13.9. The highest BCUT2D eigenvalue weighted by molar-refractivity contribution is 6.31. The molecule has 106 valence electrons. The molecule has 1 aromatic rings. The summed E-state index contributed by atoms with van der Waals surface area (Å²) in [4.78, 5) is 12.8. The second kappa shape index (κ2) is 6.18. The van der Waals surface area contributed by atoms with Crippen molar-refractivity contribution in [2.75, 3.05) is 19.7 Å². The van der Waals surface area contributed by atoms with Crippen LogP contribution < -0.4 is 5.73 Å². The Labute approximate surface area is 120 Å². The molecule has 1 saturated heterocycles. The number of ether oxygens (including phenoxy) is 1. The molecule has 1 aromatic carbocycles. The number of nitrogens with two attached hydrogens (primary N) is 1. The molecule has 0 aromatic heterocycles. The van der Waals surface area contributed by atoms with Crippen molar-refractivity contribution in [3.05, 3.63) is 34.6 Å². The molecule has 7 heteroatoms. The Bertz CT molecular complexity index is 541. The van der Waals surface area contributed by atoms with Gasteiger partial charge in [-0.3, -0.25) is 9.69 Å². The van der Waals surface area contributed by atoms with Crippen molar-refractivity contribution in [3.8, 4) is 6.07 Å². The minimum absolute atomic E-state index is 0.113. The molecule has 0 saturated carbocycles. The molecule has 0 bridgehead atoms. The molecule has 2 atom stereocenters. The fourth-order valence-corrected chi connectivity index (χ4v) is 2.44. The zero-order chi connectivity index (χ0) is 14.7. The Morgan fingerprint density at radius 1 is 1.65 bits per heavy atom. The van der Waals surface area contributed by atoms with Crippen LogP contribution in [-0.2, 0) is 9.53 Å². The molecule has 0 aliphatic carbocycles. The van der Waals surface area contributed by atoms with Gasteiger partial charge in [0.2, 0.25) is 5.91 Å². The first-order chi connectivity index (χ1) is 9.54. The molecule has 1 fully saturated rings. The third-order valence-corrected chi connectivity index (χ3v) is 3.51. The lowest BCUT2D eigenvalue weighted by atomic mass is 10.0. The van der Waals surface area contributed by atoms with E-state index in [1.807, 2.05) is 6.07 Å². The van der Waals surface area contributed by atoms with E-state index < -0.39 is 23.9 Å². The summed E-state index contributed by atoms with van der Waals surface area (Å²) in [6, 6.07) is 5.39. The van der Waals surface area contributed by atoms with Gasteiger partial charge in [-0.05, 0) is 12.1 Å². The Balaban J connectivity index is 2.29. The quantitative estimate of drug-likeness (QED) is 0.910. The zero-order valence-corrected chi connectivity index (χ0v) is 11.3. The number of carbonyl (C=O) groups is 1. The number of nitrogens with zero attached hydrogens (tertiary/aromatic N) is 2. The summed E-state index contributed by atoms with van der Waals surface area (Å²) in [5.74, 6) is -1.16. The predicted octanol–water partition coefficient (Wildman–Crippen LogP) is 1.23. The smallest absolute Gasteiger partial charge is 0.247 e. The lowest BCUT2D eigenvalue weighted by molar-refractivity contribution is -0.135. The first kappa shape index (κ1) is 14.7. The van der Waals surface area contributed by atoms with Crippen molar-refractivity contribution in [2.45, 2.75) is 12.1 Å². The fraction of sp³-hybridized carbons (Fsp3) is 0.385. The van der Waals surface area contributed by atoms with Crippen molar-refractivity contribution >= 4 is 17.5 Å². The molecule has 1 amide bonds. The van der Waals surface area contributed by atoms with Crippen LogP contribution >= 0.6 is 11.6 Å². The third kappa shape index (κ3) is 2.90. The molecule has 1 aliphatic heterocycles. The lowest BCUT2D eigenvalue weighted by Gasteiger charge is -2.34. The molecule has 5 nitrogen and oxygen atoms in total. The average Bonchev–Trinajstić information content (AvgIpc) is 2.43. The number of hydrogen-bond acceptors (Lipinski definition) is 4. The molecular weight excluding hydrogens is 285 g/mol. The van der Waals surface area contributed by atoms with E-state index in [1.165, 1.54) is 18.2 Å². The minimum Gasteiger partial charge on any atom is -0.367 e. The van der Waals surface area contributed by atoms with Crippen LogP contribution in [0.4, 0.5) is 4.39 Å². The van der Waals surface area contributed by atoms with Crippen LogP contribution in [0.3, 0.4) is 0 Å². The van der Waals surface area contributed by atoms with Gasteiger partial charge >= 0.3 is 0 Å². The second-order valence-electron chi connectivity index (χ2n) is 4.42. The maximum atomic E-state index is 13.9. The number of benzene rings is 1. The number of morpholine rings is 1. The van der Waals surface area contributed by atoms with Gasteiger partial charge in [0, 0.05) is 23.7 Å². The molecule has 0 radical (unpaired) electrons. The SMILES string of the molecule is N#C[C@@H](c1c(F)cccc1Cl)N1CCO[C@H](C(N)=O)C1. The van der Waals surface area contributed by atoms with Crippen LogP contribution in [-0.4, -0.2) is 36.6 Å². The number of amides is 1. The third-order valence-electron chi connectivity index (χ3n) is 3.18. The van der Waals surface area contributed by atoms with Crippen molar-refractivity contribution in [1.82, 2.24) is 4.90 Å². The molecule has 0 spiro atoms. The molecule has 2 N–H and O–H groups in total. The van der Waals surface area contributed by atoms with Crippen molar-refractivity contribution in [1.29, 1.82) is 5.26 Å². The van der Waals surface area contributed by atoms with E-state index in [1.54, 1.807) is 4.90 Å². The number of rotatable bonds is 3. The van der Waals surface area contributed by atoms with E-state index >= 15 is 0 Å². The summed E-state index contributed by atoms with van der Waals surface area (Å²) < 4.78 is 19.1. The van der Waals surface area contributed by atoms with Crippen LogP contribution in [0.5, 0.6) is 0 Å². The maximum Gasteiger partial charge on any atom is 0.247 e. The largest absolute Gasteiger partial charge is 0.367 e. The summed E-state index contributed by atoms with van der Waals surface area (Å²) in [5, 5.41) is 9.51. The topological polar surface area (TPSA) is 79.3 Å². The Kier molecular flexibility index (Phi) is 4.55. The number of carbonyl (C=O) groups excluding carboxylic acids is 1. The van der Waals surface area contributed by atoms with Gasteiger partial charge in [0.1, 0.15) is 18.0 Å². The van der Waals surface area contributed by atoms with Gasteiger partial charge in [-0.1, -0.05) is 17.7 Å². The summed E-state index contributed by atoms with van der Waals surface area (Å²) >= 11 is 5.98. The first-order valence-corrected chi connectivity index (χ1v) is 6.41. The van der Waals surface area contributed by atoms with Crippen molar-refractivity contribution < 1.29 is 13.9 Å². The van der Waals surface area contributed by atoms with Gasteiger partial charge in [-0.25, -0.2) is 4.39 Å². The Hall–Kier alpha value is -1.68. The lowest BCUT2D eigenvalue weighted by Crippen LogP contribution is -2.49. The van der Waals surface area contributed by atoms with Gasteiger partial charge in [-0.2, -0.15) is 5.26 Å². The summed E-state index contributed by atoms with van der Waals surface area (Å²) in [6.45, 7) is 0.781. The highest BCUT2D eigenvalue weighted by atomic mass is 35.5. The van der Waals surface area contributed by atoms with Crippen LogP contribution in [0.1, 0.15) is 11.6 Å². The monoisotopic (exact) mass is 297 g/mol. The highest BCUT2D eigenvalue weighted by Gasteiger charge is 2.32. The minimum atomic E-state index is -0.880. The van der Waals surface area contributed by atoms with E-state index in [4.69, 9.17) is 22.1 Å². The van der Waals surface area contributed by atoms with E-state index in [-0.39, 0.29) is 23.7 Å². The van der Waals surface area contributed by atoms with E-state index in [0.29, 0.717) is 6.54 Å². The number of halogens is 2. The predicted molar refractivity (Wildman–Crippen MR) is 70.3 cm³/mol. The van der Waals surface area contributed by atoms with Crippen LogP contribution in [0.2, 0.25) is 5.02 Å². The van der Waals surface area contributed by atoms with Crippen LogP contribution in [0.25, 0.3) is 0 Å². The zero-order valence-electron chi connectivity index (χ0n) is 10.6.